The van der Waals surface area contributed by atoms with E-state index >= 15 is 0 Å². The quantitative estimate of drug-likeness (QED) is 0.814. The molecule has 0 aliphatic carbocycles. The number of hydrogen-bond donors (Lipinski definition) is 2. The fraction of sp³-hybridized carbons (Fsp3) is 0.462. The number of anilines is 2. The van der Waals surface area contributed by atoms with E-state index in [-0.39, 0.29) is 0 Å². The van der Waals surface area contributed by atoms with Gasteiger partial charge in [-0.25, -0.2) is 15.0 Å². The van der Waals surface area contributed by atoms with Crippen molar-refractivity contribution in [1.29, 1.82) is 0 Å². The van der Waals surface area contributed by atoms with Crippen LogP contribution in [0.1, 0.15) is 31.2 Å². The fourth-order valence-corrected chi connectivity index (χ4v) is 2.33. The van der Waals surface area contributed by atoms with Crippen molar-refractivity contribution in [3.05, 3.63) is 29.0 Å². The van der Waals surface area contributed by atoms with Gasteiger partial charge in [0.1, 0.15) is 18.0 Å². The molecule has 0 saturated heterocycles. The summed E-state index contributed by atoms with van der Waals surface area (Å²) >= 11 is 1.68. The third-order valence-corrected chi connectivity index (χ3v) is 3.69. The van der Waals surface area contributed by atoms with Crippen LogP contribution in [0.2, 0.25) is 0 Å². The first kappa shape index (κ1) is 13.7. The molecule has 0 spiro atoms. The van der Waals surface area contributed by atoms with Gasteiger partial charge >= 0.3 is 0 Å². The first-order chi connectivity index (χ1) is 9.29. The lowest BCUT2D eigenvalue weighted by Gasteiger charge is -2.11. The Morgan fingerprint density at radius 1 is 1.21 bits per heavy atom. The summed E-state index contributed by atoms with van der Waals surface area (Å²) in [5.41, 5.74) is 0. The van der Waals surface area contributed by atoms with E-state index in [0.29, 0.717) is 5.92 Å². The summed E-state index contributed by atoms with van der Waals surface area (Å²) in [6, 6.07) is 1.93. The number of hydrogen-bond acceptors (Lipinski definition) is 6. The maximum atomic E-state index is 4.32. The van der Waals surface area contributed by atoms with E-state index in [1.165, 1.54) is 0 Å². The molecule has 5 nitrogen and oxygen atoms in total. The van der Waals surface area contributed by atoms with Crippen LogP contribution in [-0.4, -0.2) is 28.0 Å². The molecule has 2 rings (SSSR count). The molecule has 102 valence electrons. The van der Waals surface area contributed by atoms with Crippen LogP contribution in [0, 0.1) is 0 Å². The number of thiazole rings is 1. The molecular weight excluding hydrogens is 258 g/mol. The molecule has 1 unspecified atom stereocenters. The highest BCUT2D eigenvalue weighted by atomic mass is 32.1. The van der Waals surface area contributed by atoms with Crippen LogP contribution in [0.4, 0.5) is 11.6 Å². The molecule has 1 atom stereocenters. The predicted octanol–water partition coefficient (Wildman–Crippen LogP) is 2.97. The lowest BCUT2D eigenvalue weighted by atomic mass is 10.2. The number of aromatic nitrogens is 3. The zero-order valence-corrected chi connectivity index (χ0v) is 12.1. The molecule has 0 aromatic carbocycles. The molecule has 2 aromatic rings. The normalized spacial score (nSPS) is 12.1. The monoisotopic (exact) mass is 277 g/mol. The Bertz CT molecular complexity index is 486. The third kappa shape index (κ3) is 4.17. The second-order valence-corrected chi connectivity index (χ2v) is 5.29. The van der Waals surface area contributed by atoms with Crippen molar-refractivity contribution in [3.63, 3.8) is 0 Å². The summed E-state index contributed by atoms with van der Waals surface area (Å²) in [4.78, 5) is 12.7. The summed E-state index contributed by atoms with van der Waals surface area (Å²) in [5, 5.41) is 9.72. The Morgan fingerprint density at radius 3 is 2.68 bits per heavy atom. The van der Waals surface area contributed by atoms with Gasteiger partial charge in [-0.15, -0.1) is 11.3 Å². The molecule has 0 radical (unpaired) electrons. The molecular formula is C13H19N5S. The molecule has 2 aromatic heterocycles. The van der Waals surface area contributed by atoms with Crippen LogP contribution in [0.5, 0.6) is 0 Å². The lowest BCUT2D eigenvalue weighted by molar-refractivity contribution is 0.791. The summed E-state index contributed by atoms with van der Waals surface area (Å²) in [5.74, 6) is 2.08. The van der Waals surface area contributed by atoms with Crippen LogP contribution in [0.25, 0.3) is 0 Å². The maximum absolute atomic E-state index is 4.32. The zero-order valence-electron chi connectivity index (χ0n) is 11.3. The van der Waals surface area contributed by atoms with E-state index in [0.717, 1.165) is 36.2 Å². The Morgan fingerprint density at radius 2 is 2.00 bits per heavy atom. The van der Waals surface area contributed by atoms with Gasteiger partial charge in [0.25, 0.3) is 0 Å². The van der Waals surface area contributed by atoms with Crippen LogP contribution in [0.3, 0.4) is 0 Å². The largest absolute Gasteiger partial charge is 0.370 e. The summed E-state index contributed by atoms with van der Waals surface area (Å²) in [6.07, 6.45) is 4.50. The van der Waals surface area contributed by atoms with Crippen molar-refractivity contribution in [2.75, 3.05) is 23.7 Å². The molecule has 2 N–H and O–H groups in total. The van der Waals surface area contributed by atoms with Crippen molar-refractivity contribution >= 4 is 23.0 Å². The average molecular weight is 277 g/mol. The van der Waals surface area contributed by atoms with Crippen molar-refractivity contribution in [2.45, 2.75) is 26.2 Å². The van der Waals surface area contributed by atoms with Crippen molar-refractivity contribution in [2.24, 2.45) is 0 Å². The van der Waals surface area contributed by atoms with Gasteiger partial charge in [-0.1, -0.05) is 13.8 Å². The van der Waals surface area contributed by atoms with E-state index in [9.17, 15) is 0 Å². The van der Waals surface area contributed by atoms with Crippen molar-refractivity contribution < 1.29 is 0 Å². The molecule has 0 aliphatic rings. The highest BCUT2D eigenvalue weighted by Gasteiger charge is 2.08. The Balaban J connectivity index is 1.88. The van der Waals surface area contributed by atoms with Crippen LogP contribution >= 0.6 is 11.3 Å². The third-order valence-electron chi connectivity index (χ3n) is 2.69. The molecule has 2 heterocycles. The molecule has 6 heteroatoms. The lowest BCUT2D eigenvalue weighted by Crippen LogP contribution is -2.11. The standard InChI is InChI=1S/C13H19N5S/c1-3-4-14-11-7-12(18-9-17-11)16-8-10(2)13-15-5-6-19-13/h5-7,9-10H,3-4,8H2,1-2H3,(H2,14,16,17,18). The van der Waals surface area contributed by atoms with Gasteiger partial charge < -0.3 is 10.6 Å². The molecule has 0 aliphatic heterocycles. The summed E-state index contributed by atoms with van der Waals surface area (Å²) in [6.45, 7) is 6.02. The van der Waals surface area contributed by atoms with E-state index in [2.05, 4.69) is 39.4 Å². The number of rotatable bonds is 7. The van der Waals surface area contributed by atoms with Gasteiger partial charge in [-0.3, -0.25) is 0 Å². The first-order valence-electron chi connectivity index (χ1n) is 6.48. The fourth-order valence-electron chi connectivity index (χ4n) is 1.63. The van der Waals surface area contributed by atoms with E-state index in [1.54, 1.807) is 17.7 Å². The molecule has 0 saturated carbocycles. The zero-order chi connectivity index (χ0) is 13.5. The first-order valence-corrected chi connectivity index (χ1v) is 7.36. The van der Waals surface area contributed by atoms with Crippen LogP contribution in [0.15, 0.2) is 24.0 Å². The highest BCUT2D eigenvalue weighted by molar-refractivity contribution is 7.09. The Hall–Kier alpha value is -1.69. The van der Waals surface area contributed by atoms with Crippen LogP contribution in [-0.2, 0) is 0 Å². The minimum absolute atomic E-state index is 0.377. The summed E-state index contributed by atoms with van der Waals surface area (Å²) < 4.78 is 0. The Kier molecular flexibility index (Phi) is 5.09. The maximum Gasteiger partial charge on any atom is 0.131 e. The second-order valence-electron chi connectivity index (χ2n) is 4.37. The smallest absolute Gasteiger partial charge is 0.131 e. The topological polar surface area (TPSA) is 62.7 Å². The second kappa shape index (κ2) is 7.04. The van der Waals surface area contributed by atoms with Gasteiger partial charge in [-0.05, 0) is 6.42 Å². The van der Waals surface area contributed by atoms with E-state index < -0.39 is 0 Å². The van der Waals surface area contributed by atoms with Gasteiger partial charge in [0, 0.05) is 36.7 Å². The van der Waals surface area contributed by atoms with E-state index in [1.807, 2.05) is 17.6 Å². The van der Waals surface area contributed by atoms with Crippen LogP contribution < -0.4 is 10.6 Å². The molecule has 0 amide bonds. The minimum atomic E-state index is 0.377. The van der Waals surface area contributed by atoms with E-state index in [4.69, 9.17) is 0 Å². The number of nitrogens with zero attached hydrogens (tertiary/aromatic N) is 3. The SMILES string of the molecule is CCCNc1cc(NCC(C)c2nccs2)ncn1. The molecule has 0 bridgehead atoms. The average Bonchev–Trinajstić information content (AvgIpc) is 2.97. The van der Waals surface area contributed by atoms with Crippen molar-refractivity contribution in [3.8, 4) is 0 Å². The van der Waals surface area contributed by atoms with Gasteiger partial charge in [0.15, 0.2) is 0 Å². The van der Waals surface area contributed by atoms with Gasteiger partial charge in [0.2, 0.25) is 0 Å². The predicted molar refractivity (Wildman–Crippen MR) is 79.8 cm³/mol. The molecule has 0 fully saturated rings. The Labute approximate surface area is 117 Å². The summed E-state index contributed by atoms with van der Waals surface area (Å²) in [7, 11) is 0. The van der Waals surface area contributed by atoms with Gasteiger partial charge in [0.05, 0.1) is 5.01 Å². The van der Waals surface area contributed by atoms with Gasteiger partial charge in [-0.2, -0.15) is 0 Å². The molecule has 19 heavy (non-hydrogen) atoms. The highest BCUT2D eigenvalue weighted by Crippen LogP contribution is 2.18. The minimum Gasteiger partial charge on any atom is -0.370 e. The van der Waals surface area contributed by atoms with Crippen molar-refractivity contribution in [1.82, 2.24) is 15.0 Å². The number of nitrogens with one attached hydrogen (secondary N) is 2.